The summed E-state index contributed by atoms with van der Waals surface area (Å²) < 4.78 is 12.7. The first-order valence-electron chi connectivity index (χ1n) is 5.58. The van der Waals surface area contributed by atoms with E-state index in [0.717, 1.165) is 5.56 Å². The van der Waals surface area contributed by atoms with Crippen LogP contribution in [0.5, 0.6) is 0 Å². The van der Waals surface area contributed by atoms with Crippen LogP contribution in [0.1, 0.15) is 5.56 Å². The molecule has 0 saturated carbocycles. The summed E-state index contributed by atoms with van der Waals surface area (Å²) in [6.45, 7) is 0.406. The van der Waals surface area contributed by atoms with Crippen molar-refractivity contribution in [2.24, 2.45) is 0 Å². The molecule has 0 unspecified atom stereocenters. The SMILES string of the molecule is O=C1N[C@@H](Cc2ccc(F)cc2)CN[C@H]1CO. The molecule has 0 aliphatic carbocycles. The van der Waals surface area contributed by atoms with Crippen LogP contribution in [-0.2, 0) is 11.2 Å². The van der Waals surface area contributed by atoms with Crippen LogP contribution in [0.4, 0.5) is 4.39 Å². The zero-order valence-electron chi connectivity index (χ0n) is 9.32. The van der Waals surface area contributed by atoms with Gasteiger partial charge in [0.25, 0.3) is 0 Å². The van der Waals surface area contributed by atoms with Crippen LogP contribution in [-0.4, -0.2) is 36.2 Å². The van der Waals surface area contributed by atoms with Gasteiger partial charge in [0.05, 0.1) is 6.61 Å². The second-order valence-corrected chi connectivity index (χ2v) is 4.18. The molecule has 5 heteroatoms. The molecule has 1 aromatic rings. The van der Waals surface area contributed by atoms with E-state index in [2.05, 4.69) is 10.6 Å². The third kappa shape index (κ3) is 3.01. The van der Waals surface area contributed by atoms with Crippen LogP contribution in [0.3, 0.4) is 0 Å². The number of rotatable bonds is 3. The lowest BCUT2D eigenvalue weighted by Crippen LogP contribution is -2.60. The number of aliphatic hydroxyl groups is 1. The zero-order valence-corrected chi connectivity index (χ0v) is 9.32. The predicted octanol–water partition coefficient (Wildman–Crippen LogP) is -0.183. The summed E-state index contributed by atoms with van der Waals surface area (Å²) in [5, 5.41) is 14.7. The lowest BCUT2D eigenvalue weighted by Gasteiger charge is -2.29. The molecule has 1 aliphatic heterocycles. The van der Waals surface area contributed by atoms with Gasteiger partial charge in [-0.2, -0.15) is 0 Å². The van der Waals surface area contributed by atoms with Crippen molar-refractivity contribution in [3.63, 3.8) is 0 Å². The summed E-state index contributed by atoms with van der Waals surface area (Å²) in [6.07, 6.45) is 0.650. The van der Waals surface area contributed by atoms with Gasteiger partial charge in [-0.05, 0) is 24.1 Å². The van der Waals surface area contributed by atoms with Crippen molar-refractivity contribution in [1.29, 1.82) is 0 Å². The fraction of sp³-hybridized carbons (Fsp3) is 0.417. The monoisotopic (exact) mass is 238 g/mol. The number of nitrogens with one attached hydrogen (secondary N) is 2. The Morgan fingerprint density at radius 3 is 2.65 bits per heavy atom. The highest BCUT2D eigenvalue weighted by atomic mass is 19.1. The minimum Gasteiger partial charge on any atom is -0.394 e. The van der Waals surface area contributed by atoms with Gasteiger partial charge in [0, 0.05) is 12.6 Å². The van der Waals surface area contributed by atoms with Crippen molar-refractivity contribution in [2.45, 2.75) is 18.5 Å². The van der Waals surface area contributed by atoms with Gasteiger partial charge in [-0.1, -0.05) is 12.1 Å². The molecule has 1 amide bonds. The van der Waals surface area contributed by atoms with Crippen molar-refractivity contribution < 1.29 is 14.3 Å². The number of carbonyl (C=O) groups excluding carboxylic acids is 1. The van der Waals surface area contributed by atoms with E-state index in [1.807, 2.05) is 0 Å². The minimum atomic E-state index is -0.514. The van der Waals surface area contributed by atoms with Crippen molar-refractivity contribution in [1.82, 2.24) is 10.6 Å². The molecule has 92 valence electrons. The van der Waals surface area contributed by atoms with E-state index in [1.54, 1.807) is 12.1 Å². The molecule has 0 aromatic heterocycles. The molecule has 3 N–H and O–H groups in total. The Kier molecular flexibility index (Phi) is 3.71. The molecule has 1 aliphatic rings. The number of amides is 1. The smallest absolute Gasteiger partial charge is 0.239 e. The molecule has 1 fully saturated rings. The molecule has 0 bridgehead atoms. The summed E-state index contributed by atoms with van der Waals surface area (Å²) in [6, 6.07) is 5.70. The van der Waals surface area contributed by atoms with E-state index < -0.39 is 6.04 Å². The maximum atomic E-state index is 12.7. The summed E-state index contributed by atoms with van der Waals surface area (Å²) in [5.41, 5.74) is 0.973. The lowest BCUT2D eigenvalue weighted by molar-refractivity contribution is -0.126. The van der Waals surface area contributed by atoms with Gasteiger partial charge in [-0.25, -0.2) is 4.39 Å². The first-order chi connectivity index (χ1) is 8.19. The number of hydrogen-bond acceptors (Lipinski definition) is 3. The van der Waals surface area contributed by atoms with Crippen LogP contribution >= 0.6 is 0 Å². The zero-order chi connectivity index (χ0) is 12.3. The molecule has 4 nitrogen and oxygen atoms in total. The number of piperazine rings is 1. The first kappa shape index (κ1) is 12.0. The largest absolute Gasteiger partial charge is 0.394 e. The molecule has 0 radical (unpaired) electrons. The van der Waals surface area contributed by atoms with E-state index in [1.165, 1.54) is 12.1 Å². The Morgan fingerprint density at radius 2 is 2.06 bits per heavy atom. The molecule has 1 saturated heterocycles. The molecule has 2 atom stereocenters. The second-order valence-electron chi connectivity index (χ2n) is 4.18. The van der Waals surface area contributed by atoms with Crippen LogP contribution in [0.25, 0.3) is 0 Å². The number of benzene rings is 1. The van der Waals surface area contributed by atoms with Crippen molar-refractivity contribution in [2.75, 3.05) is 13.2 Å². The summed E-state index contributed by atoms with van der Waals surface area (Å²) in [7, 11) is 0. The fourth-order valence-electron chi connectivity index (χ4n) is 1.91. The Hall–Kier alpha value is -1.46. The predicted molar refractivity (Wildman–Crippen MR) is 60.9 cm³/mol. The topological polar surface area (TPSA) is 61.4 Å². The van der Waals surface area contributed by atoms with Gasteiger partial charge in [0.1, 0.15) is 11.9 Å². The van der Waals surface area contributed by atoms with E-state index in [-0.39, 0.29) is 24.4 Å². The normalized spacial score (nSPS) is 24.5. The quantitative estimate of drug-likeness (QED) is 0.684. The molecular weight excluding hydrogens is 223 g/mol. The highest BCUT2D eigenvalue weighted by molar-refractivity contribution is 5.83. The maximum Gasteiger partial charge on any atom is 0.239 e. The Labute approximate surface area is 98.8 Å². The van der Waals surface area contributed by atoms with E-state index >= 15 is 0 Å². The third-order valence-electron chi connectivity index (χ3n) is 2.85. The number of halogens is 1. The van der Waals surface area contributed by atoms with Crippen molar-refractivity contribution in [3.8, 4) is 0 Å². The van der Waals surface area contributed by atoms with Crippen LogP contribution in [0.2, 0.25) is 0 Å². The summed E-state index contributed by atoms with van der Waals surface area (Å²) >= 11 is 0. The fourth-order valence-corrected chi connectivity index (χ4v) is 1.91. The highest BCUT2D eigenvalue weighted by Crippen LogP contribution is 2.07. The van der Waals surface area contributed by atoms with E-state index in [4.69, 9.17) is 5.11 Å². The standard InChI is InChI=1S/C12H15FN2O2/c13-9-3-1-8(2-4-9)5-10-6-14-11(7-16)12(17)15-10/h1-4,10-11,14,16H,5-7H2,(H,15,17)/t10-,11-/m0/s1. The Morgan fingerprint density at radius 1 is 1.35 bits per heavy atom. The minimum absolute atomic E-state index is 0.0178. The maximum absolute atomic E-state index is 12.7. The van der Waals surface area contributed by atoms with Crippen LogP contribution in [0, 0.1) is 5.82 Å². The van der Waals surface area contributed by atoms with Gasteiger partial charge in [-0.3, -0.25) is 4.79 Å². The molecular formula is C12H15FN2O2. The second kappa shape index (κ2) is 5.25. The van der Waals surface area contributed by atoms with Gasteiger partial charge in [0.2, 0.25) is 5.91 Å². The van der Waals surface area contributed by atoms with Gasteiger partial charge in [-0.15, -0.1) is 0 Å². The lowest BCUT2D eigenvalue weighted by atomic mass is 10.0. The highest BCUT2D eigenvalue weighted by Gasteiger charge is 2.26. The average molecular weight is 238 g/mol. The average Bonchev–Trinajstić information content (AvgIpc) is 2.32. The Balaban J connectivity index is 1.92. The Bertz CT molecular complexity index is 394. The third-order valence-corrected chi connectivity index (χ3v) is 2.85. The molecule has 1 heterocycles. The van der Waals surface area contributed by atoms with E-state index in [9.17, 15) is 9.18 Å². The van der Waals surface area contributed by atoms with Crippen molar-refractivity contribution in [3.05, 3.63) is 35.6 Å². The van der Waals surface area contributed by atoms with Crippen molar-refractivity contribution >= 4 is 5.91 Å². The molecule has 0 spiro atoms. The number of hydrogen-bond donors (Lipinski definition) is 3. The number of aliphatic hydroxyl groups excluding tert-OH is 1. The van der Waals surface area contributed by atoms with Gasteiger partial charge in [0.15, 0.2) is 0 Å². The van der Waals surface area contributed by atoms with Gasteiger partial charge >= 0.3 is 0 Å². The number of carbonyl (C=O) groups is 1. The summed E-state index contributed by atoms with van der Waals surface area (Å²) in [4.78, 5) is 11.5. The molecule has 2 rings (SSSR count). The first-order valence-corrected chi connectivity index (χ1v) is 5.58. The van der Waals surface area contributed by atoms with E-state index in [0.29, 0.717) is 13.0 Å². The molecule has 17 heavy (non-hydrogen) atoms. The molecule has 1 aromatic carbocycles. The van der Waals surface area contributed by atoms with Crippen LogP contribution < -0.4 is 10.6 Å². The summed E-state index contributed by atoms with van der Waals surface area (Å²) in [5.74, 6) is -0.453. The van der Waals surface area contributed by atoms with Crippen LogP contribution in [0.15, 0.2) is 24.3 Å². The van der Waals surface area contributed by atoms with Gasteiger partial charge < -0.3 is 15.7 Å².